The second kappa shape index (κ2) is 6.16. The van der Waals surface area contributed by atoms with Crippen molar-refractivity contribution in [3.63, 3.8) is 0 Å². The van der Waals surface area contributed by atoms with Crippen LogP contribution in [0.5, 0.6) is 5.75 Å². The van der Waals surface area contributed by atoms with Crippen molar-refractivity contribution in [2.75, 3.05) is 19.1 Å². The summed E-state index contributed by atoms with van der Waals surface area (Å²) in [6.07, 6.45) is 0.352. The normalized spacial score (nSPS) is 10.7. The second-order valence-electron chi connectivity index (χ2n) is 5.61. The maximum Gasteiger partial charge on any atom is 0.231 e. The van der Waals surface area contributed by atoms with E-state index in [4.69, 9.17) is 4.74 Å². The van der Waals surface area contributed by atoms with Crippen molar-refractivity contribution >= 4 is 22.5 Å². The van der Waals surface area contributed by atoms with Gasteiger partial charge in [0.15, 0.2) is 0 Å². The van der Waals surface area contributed by atoms with Crippen molar-refractivity contribution in [2.45, 2.75) is 13.3 Å². The fourth-order valence-corrected chi connectivity index (χ4v) is 2.78. The van der Waals surface area contributed by atoms with Crippen LogP contribution < -0.4 is 9.64 Å². The molecule has 118 valence electrons. The molecule has 1 heterocycles. The van der Waals surface area contributed by atoms with Crippen LogP contribution in [0.1, 0.15) is 11.3 Å². The third kappa shape index (κ3) is 2.93. The molecular weight excluding hydrogens is 288 g/mol. The number of carbonyl (C=O) groups excluding carboxylic acids is 1. The molecule has 0 saturated carbocycles. The molecule has 0 aliphatic heterocycles. The molecule has 4 heteroatoms. The van der Waals surface area contributed by atoms with Gasteiger partial charge in [0.2, 0.25) is 5.91 Å². The summed E-state index contributed by atoms with van der Waals surface area (Å²) < 4.78 is 5.30. The van der Waals surface area contributed by atoms with Gasteiger partial charge in [-0.1, -0.05) is 18.2 Å². The number of nitrogens with zero attached hydrogens (tertiary/aromatic N) is 1. The molecule has 0 bridgehead atoms. The highest BCUT2D eigenvalue weighted by molar-refractivity contribution is 5.98. The van der Waals surface area contributed by atoms with Crippen LogP contribution in [0, 0.1) is 6.92 Å². The van der Waals surface area contributed by atoms with Gasteiger partial charge in [-0.3, -0.25) is 4.79 Å². The fraction of sp³-hybridized carbons (Fsp3) is 0.211. The summed E-state index contributed by atoms with van der Waals surface area (Å²) in [5.41, 5.74) is 3.95. The van der Waals surface area contributed by atoms with E-state index >= 15 is 0 Å². The van der Waals surface area contributed by atoms with Gasteiger partial charge in [0.25, 0.3) is 0 Å². The van der Waals surface area contributed by atoms with Gasteiger partial charge in [-0.2, -0.15) is 0 Å². The van der Waals surface area contributed by atoms with Gasteiger partial charge in [0.05, 0.1) is 13.5 Å². The number of benzene rings is 2. The number of H-pyrrole nitrogens is 1. The van der Waals surface area contributed by atoms with Crippen LogP contribution in [-0.4, -0.2) is 25.0 Å². The zero-order valence-corrected chi connectivity index (χ0v) is 13.6. The third-order valence-corrected chi connectivity index (χ3v) is 4.17. The van der Waals surface area contributed by atoms with Crippen molar-refractivity contribution in [1.82, 2.24) is 4.98 Å². The van der Waals surface area contributed by atoms with E-state index in [2.05, 4.69) is 4.98 Å². The standard InChI is InChI=1S/C19H20N2O2/c1-13-16(17-11-15(23-3)9-10-18(17)20-13)12-19(22)21(2)14-7-5-4-6-8-14/h4-11,20H,12H2,1-3H3. The molecule has 0 unspecified atom stereocenters. The van der Waals surface area contributed by atoms with Gasteiger partial charge in [-0.05, 0) is 42.8 Å². The molecule has 3 aromatic rings. The van der Waals surface area contributed by atoms with Crippen molar-refractivity contribution < 1.29 is 9.53 Å². The number of fused-ring (bicyclic) bond motifs is 1. The number of likely N-dealkylation sites (N-methyl/N-ethyl adjacent to an activating group) is 1. The summed E-state index contributed by atoms with van der Waals surface area (Å²) in [5.74, 6) is 0.852. The highest BCUT2D eigenvalue weighted by Gasteiger charge is 2.16. The highest BCUT2D eigenvalue weighted by atomic mass is 16.5. The number of aromatic amines is 1. The average molecular weight is 308 g/mol. The van der Waals surface area contributed by atoms with Crippen LogP contribution in [0.15, 0.2) is 48.5 Å². The zero-order chi connectivity index (χ0) is 16.4. The van der Waals surface area contributed by atoms with Gasteiger partial charge >= 0.3 is 0 Å². The molecule has 4 nitrogen and oxygen atoms in total. The predicted molar refractivity (Wildman–Crippen MR) is 93.1 cm³/mol. The first-order valence-electron chi connectivity index (χ1n) is 7.57. The van der Waals surface area contributed by atoms with Crippen LogP contribution in [0.3, 0.4) is 0 Å². The number of ether oxygens (including phenoxy) is 1. The van der Waals surface area contributed by atoms with E-state index in [0.717, 1.165) is 33.6 Å². The quantitative estimate of drug-likeness (QED) is 0.799. The van der Waals surface area contributed by atoms with Crippen LogP contribution >= 0.6 is 0 Å². The van der Waals surface area contributed by atoms with E-state index in [-0.39, 0.29) is 5.91 Å². The molecule has 2 aromatic carbocycles. The van der Waals surface area contributed by atoms with Crippen LogP contribution in [0.2, 0.25) is 0 Å². The van der Waals surface area contributed by atoms with Crippen molar-refractivity contribution in [3.8, 4) is 5.75 Å². The topological polar surface area (TPSA) is 45.3 Å². The number of anilines is 1. The smallest absolute Gasteiger partial charge is 0.231 e. The minimum absolute atomic E-state index is 0.0584. The largest absolute Gasteiger partial charge is 0.497 e. The lowest BCUT2D eigenvalue weighted by Crippen LogP contribution is -2.27. The first kappa shape index (κ1) is 15.2. The summed E-state index contributed by atoms with van der Waals surface area (Å²) in [7, 11) is 3.46. The number of aryl methyl sites for hydroxylation is 1. The van der Waals surface area contributed by atoms with Crippen LogP contribution in [-0.2, 0) is 11.2 Å². The maximum atomic E-state index is 12.6. The van der Waals surface area contributed by atoms with E-state index in [1.165, 1.54) is 0 Å². The third-order valence-electron chi connectivity index (χ3n) is 4.17. The van der Waals surface area contributed by atoms with E-state index in [9.17, 15) is 4.79 Å². The molecule has 23 heavy (non-hydrogen) atoms. The number of nitrogens with one attached hydrogen (secondary N) is 1. The Kier molecular flexibility index (Phi) is 4.06. The molecular formula is C19H20N2O2. The lowest BCUT2D eigenvalue weighted by Gasteiger charge is -2.17. The fourth-order valence-electron chi connectivity index (χ4n) is 2.78. The predicted octanol–water partition coefficient (Wildman–Crippen LogP) is 3.69. The van der Waals surface area contributed by atoms with Gasteiger partial charge in [-0.15, -0.1) is 0 Å². The molecule has 1 aromatic heterocycles. The van der Waals surface area contributed by atoms with E-state index in [1.54, 1.807) is 12.0 Å². The van der Waals surface area contributed by atoms with E-state index < -0.39 is 0 Å². The summed E-state index contributed by atoms with van der Waals surface area (Å²) in [4.78, 5) is 17.7. The number of hydrogen-bond acceptors (Lipinski definition) is 2. The number of aromatic nitrogens is 1. The molecule has 0 fully saturated rings. The van der Waals surface area contributed by atoms with Gasteiger partial charge in [-0.25, -0.2) is 0 Å². The molecule has 0 aliphatic carbocycles. The Morgan fingerprint density at radius 3 is 2.61 bits per heavy atom. The Balaban J connectivity index is 1.91. The molecule has 3 rings (SSSR count). The Morgan fingerprint density at radius 2 is 1.91 bits per heavy atom. The number of carbonyl (C=O) groups is 1. The van der Waals surface area contributed by atoms with Crippen molar-refractivity contribution in [1.29, 1.82) is 0 Å². The Morgan fingerprint density at radius 1 is 1.17 bits per heavy atom. The first-order chi connectivity index (χ1) is 11.1. The number of amides is 1. The molecule has 0 spiro atoms. The van der Waals surface area contributed by atoms with Crippen LogP contribution in [0.25, 0.3) is 10.9 Å². The Labute approximate surface area is 135 Å². The molecule has 0 aliphatic rings. The first-order valence-corrected chi connectivity index (χ1v) is 7.57. The minimum Gasteiger partial charge on any atom is -0.497 e. The molecule has 0 radical (unpaired) electrons. The van der Waals surface area contributed by atoms with Crippen molar-refractivity contribution in [3.05, 3.63) is 59.8 Å². The SMILES string of the molecule is COc1ccc2[nH]c(C)c(CC(=O)N(C)c3ccccc3)c2c1. The monoisotopic (exact) mass is 308 g/mol. The molecule has 0 saturated heterocycles. The summed E-state index contributed by atoms with van der Waals surface area (Å²) in [6.45, 7) is 2.00. The van der Waals surface area contributed by atoms with E-state index in [0.29, 0.717) is 6.42 Å². The van der Waals surface area contributed by atoms with Gasteiger partial charge in [0, 0.05) is 29.3 Å². The molecule has 1 amide bonds. The zero-order valence-electron chi connectivity index (χ0n) is 13.6. The Hall–Kier alpha value is -2.75. The molecule has 0 atom stereocenters. The number of para-hydroxylation sites is 1. The van der Waals surface area contributed by atoms with Crippen molar-refractivity contribution in [2.24, 2.45) is 0 Å². The average Bonchev–Trinajstić information content (AvgIpc) is 2.89. The summed E-state index contributed by atoms with van der Waals surface area (Å²) in [5, 5.41) is 1.04. The number of methoxy groups -OCH3 is 1. The van der Waals surface area contributed by atoms with E-state index in [1.807, 2.05) is 62.5 Å². The molecule has 1 N–H and O–H groups in total. The lowest BCUT2D eigenvalue weighted by molar-refractivity contribution is -0.117. The number of rotatable bonds is 4. The van der Waals surface area contributed by atoms with Gasteiger partial charge in [0.1, 0.15) is 5.75 Å². The highest BCUT2D eigenvalue weighted by Crippen LogP contribution is 2.27. The second-order valence-corrected chi connectivity index (χ2v) is 5.61. The summed E-state index contributed by atoms with van der Waals surface area (Å²) >= 11 is 0. The minimum atomic E-state index is 0.0584. The number of hydrogen-bond donors (Lipinski definition) is 1. The lowest BCUT2D eigenvalue weighted by atomic mass is 10.1. The Bertz CT molecular complexity index is 837. The maximum absolute atomic E-state index is 12.6. The summed E-state index contributed by atoms with van der Waals surface area (Å²) in [6, 6.07) is 15.5. The van der Waals surface area contributed by atoms with Gasteiger partial charge < -0.3 is 14.6 Å². The van der Waals surface area contributed by atoms with Crippen LogP contribution in [0.4, 0.5) is 5.69 Å².